The molecule has 4 nitrogen and oxygen atoms in total. The van der Waals surface area contributed by atoms with Crippen LogP contribution in [0.4, 0.5) is 0 Å². The molecule has 0 N–H and O–H groups in total. The highest BCUT2D eigenvalue weighted by Crippen LogP contribution is 2.31. The van der Waals surface area contributed by atoms with Crippen LogP contribution in [0.3, 0.4) is 0 Å². The Morgan fingerprint density at radius 1 is 0.680 bits per heavy atom. The summed E-state index contributed by atoms with van der Waals surface area (Å²) in [6.07, 6.45) is 2.25. The molecule has 0 aliphatic rings. The minimum Gasteiger partial charge on any atom is -0.383 e. The summed E-state index contributed by atoms with van der Waals surface area (Å²) in [7, 11) is 0. The molecule has 2 aromatic rings. The molecule has 0 radical (unpaired) electrons. The quantitative estimate of drug-likeness (QED) is 0.447. The first-order valence-corrected chi connectivity index (χ1v) is 9.30. The van der Waals surface area contributed by atoms with E-state index >= 15 is 0 Å². The molecule has 0 spiro atoms. The molecule has 0 aliphatic carbocycles. The topological polar surface area (TPSA) is 52.6 Å². The first-order chi connectivity index (χ1) is 12.1. The summed E-state index contributed by atoms with van der Waals surface area (Å²) in [5, 5.41) is 0. The molecule has 128 valence electrons. The normalized spacial score (nSPS) is 9.92. The van der Waals surface area contributed by atoms with E-state index in [2.05, 4.69) is 13.2 Å². The van der Waals surface area contributed by atoms with Gasteiger partial charge in [-0.1, -0.05) is 24.9 Å². The monoisotopic (exact) mass is 390 g/mol. The molecular weight excluding hydrogens is 376 g/mol. The van der Waals surface area contributed by atoms with Gasteiger partial charge in [0, 0.05) is 31.7 Å². The Labute approximate surface area is 159 Å². The van der Waals surface area contributed by atoms with E-state index in [1.165, 1.54) is 0 Å². The van der Waals surface area contributed by atoms with Crippen LogP contribution in [-0.2, 0) is 18.0 Å². The first kappa shape index (κ1) is 19.2. The highest BCUT2D eigenvalue weighted by molar-refractivity contribution is 7.99. The van der Waals surface area contributed by atoms with E-state index in [9.17, 15) is 9.59 Å². The molecule has 7 heteroatoms. The molecule has 2 aromatic carbocycles. The molecule has 0 saturated carbocycles. The third-order valence-corrected chi connectivity index (χ3v) is 5.10. The number of hydrogen-bond acceptors (Lipinski definition) is 7. The van der Waals surface area contributed by atoms with Crippen LogP contribution in [0.5, 0.6) is 0 Å². The maximum absolute atomic E-state index is 11.0. The van der Waals surface area contributed by atoms with Crippen LogP contribution in [0.25, 0.3) is 0 Å². The summed E-state index contributed by atoms with van der Waals surface area (Å²) in [5.41, 5.74) is 0. The van der Waals surface area contributed by atoms with Crippen molar-refractivity contribution in [3.8, 4) is 0 Å². The van der Waals surface area contributed by atoms with Gasteiger partial charge in [-0.15, -0.1) is 0 Å². The van der Waals surface area contributed by atoms with Gasteiger partial charge in [-0.25, -0.2) is 9.59 Å². The fourth-order valence-electron chi connectivity index (χ4n) is 1.51. The van der Waals surface area contributed by atoms with Crippen molar-refractivity contribution in [1.82, 2.24) is 0 Å². The summed E-state index contributed by atoms with van der Waals surface area (Å²) >= 11 is 3.59. The van der Waals surface area contributed by atoms with Crippen molar-refractivity contribution in [3.63, 3.8) is 0 Å². The van der Waals surface area contributed by atoms with Gasteiger partial charge in [-0.05, 0) is 48.5 Å². The number of carbonyl (C=O) groups excluding carboxylic acids is 2. The standard InChI is InChI=1S/C18H14O4S3/c1-3-17(19)21-24-15-9-5-13(6-10-15)23-14-7-11-16(12-8-14)25-22-18(20)4-2/h3-12H,1-2H2. The summed E-state index contributed by atoms with van der Waals surface area (Å²) in [5.74, 6) is -0.944. The van der Waals surface area contributed by atoms with E-state index in [0.29, 0.717) is 0 Å². The van der Waals surface area contributed by atoms with Crippen molar-refractivity contribution in [2.24, 2.45) is 0 Å². The molecule has 25 heavy (non-hydrogen) atoms. The largest absolute Gasteiger partial charge is 0.383 e. The Morgan fingerprint density at radius 2 is 1.00 bits per heavy atom. The van der Waals surface area contributed by atoms with Crippen molar-refractivity contribution >= 4 is 47.8 Å². The van der Waals surface area contributed by atoms with Gasteiger partial charge >= 0.3 is 11.9 Å². The van der Waals surface area contributed by atoms with Crippen LogP contribution in [0.1, 0.15) is 0 Å². The van der Waals surface area contributed by atoms with Crippen molar-refractivity contribution in [3.05, 3.63) is 73.8 Å². The van der Waals surface area contributed by atoms with E-state index in [1.807, 2.05) is 48.5 Å². The summed E-state index contributed by atoms with van der Waals surface area (Å²) in [4.78, 5) is 25.8. The maximum Gasteiger partial charge on any atom is 0.342 e. The second-order valence-electron chi connectivity index (χ2n) is 4.42. The predicted molar refractivity (Wildman–Crippen MR) is 101 cm³/mol. The molecule has 0 amide bonds. The lowest BCUT2D eigenvalue weighted by molar-refractivity contribution is -0.128. The lowest BCUT2D eigenvalue weighted by Gasteiger charge is -2.05. The van der Waals surface area contributed by atoms with Gasteiger partial charge in [-0.3, -0.25) is 0 Å². The molecule has 0 aliphatic heterocycles. The van der Waals surface area contributed by atoms with E-state index in [-0.39, 0.29) is 0 Å². The third-order valence-electron chi connectivity index (χ3n) is 2.66. The van der Waals surface area contributed by atoms with E-state index in [1.54, 1.807) is 11.8 Å². The van der Waals surface area contributed by atoms with Crippen LogP contribution in [-0.4, -0.2) is 11.9 Å². The van der Waals surface area contributed by atoms with Crippen LogP contribution in [0.15, 0.2) is 93.4 Å². The van der Waals surface area contributed by atoms with Gasteiger partial charge in [0.2, 0.25) is 0 Å². The second kappa shape index (κ2) is 10.0. The van der Waals surface area contributed by atoms with Gasteiger partial charge in [-0.2, -0.15) is 0 Å². The van der Waals surface area contributed by atoms with Crippen LogP contribution in [0, 0.1) is 0 Å². The molecule has 2 rings (SSSR count). The van der Waals surface area contributed by atoms with E-state index in [0.717, 1.165) is 55.8 Å². The van der Waals surface area contributed by atoms with Crippen molar-refractivity contribution in [1.29, 1.82) is 0 Å². The Bertz CT molecular complexity index is 689. The summed E-state index contributed by atoms with van der Waals surface area (Å²) < 4.78 is 9.81. The van der Waals surface area contributed by atoms with E-state index in [4.69, 9.17) is 8.37 Å². The molecular formula is C18H14O4S3. The number of benzene rings is 2. The fourth-order valence-corrected chi connectivity index (χ4v) is 3.31. The fraction of sp³-hybridized carbons (Fsp3) is 0. The molecule has 0 bridgehead atoms. The highest BCUT2D eigenvalue weighted by atomic mass is 32.2. The Morgan fingerprint density at radius 3 is 1.32 bits per heavy atom. The minimum absolute atomic E-state index is 0.472. The van der Waals surface area contributed by atoms with Gasteiger partial charge in [0.05, 0.1) is 24.1 Å². The van der Waals surface area contributed by atoms with Crippen LogP contribution >= 0.6 is 35.8 Å². The molecule has 0 unspecified atom stereocenters. The Kier molecular flexibility index (Phi) is 7.72. The van der Waals surface area contributed by atoms with E-state index < -0.39 is 11.9 Å². The second-order valence-corrected chi connectivity index (χ2v) is 7.18. The van der Waals surface area contributed by atoms with Gasteiger partial charge in [0.1, 0.15) is 0 Å². The number of rotatable bonds is 8. The Balaban J connectivity index is 1.89. The van der Waals surface area contributed by atoms with Gasteiger partial charge in [0.25, 0.3) is 0 Å². The number of hydrogen-bond donors (Lipinski definition) is 0. The lowest BCUT2D eigenvalue weighted by Crippen LogP contribution is -1.91. The number of carbonyl (C=O) groups is 2. The zero-order valence-electron chi connectivity index (χ0n) is 13.0. The van der Waals surface area contributed by atoms with Crippen molar-refractivity contribution < 1.29 is 18.0 Å². The Hall–Kier alpha value is -2.09. The molecule has 0 fully saturated rings. The molecule has 0 atom stereocenters. The van der Waals surface area contributed by atoms with Gasteiger partial charge in [0.15, 0.2) is 0 Å². The first-order valence-electron chi connectivity index (χ1n) is 7.00. The average Bonchev–Trinajstić information content (AvgIpc) is 2.66. The predicted octanol–water partition coefficient (Wildman–Crippen LogP) is 5.31. The van der Waals surface area contributed by atoms with Crippen LogP contribution in [0.2, 0.25) is 0 Å². The third kappa shape index (κ3) is 6.74. The minimum atomic E-state index is -0.472. The smallest absolute Gasteiger partial charge is 0.342 e. The molecule has 0 aromatic heterocycles. The highest BCUT2D eigenvalue weighted by Gasteiger charge is 2.04. The maximum atomic E-state index is 11.0. The zero-order chi connectivity index (χ0) is 18.1. The SMILES string of the molecule is C=CC(=O)OSc1ccc(Sc2ccc(SOC(=O)C=C)cc2)cc1. The summed E-state index contributed by atoms with van der Waals surface area (Å²) in [6.45, 7) is 6.69. The van der Waals surface area contributed by atoms with Crippen LogP contribution < -0.4 is 0 Å². The molecule has 0 heterocycles. The van der Waals surface area contributed by atoms with Crippen molar-refractivity contribution in [2.75, 3.05) is 0 Å². The average molecular weight is 391 g/mol. The lowest BCUT2D eigenvalue weighted by atomic mass is 10.4. The molecule has 0 saturated heterocycles. The van der Waals surface area contributed by atoms with Gasteiger partial charge < -0.3 is 8.37 Å². The van der Waals surface area contributed by atoms with Crippen molar-refractivity contribution in [2.45, 2.75) is 19.6 Å². The zero-order valence-corrected chi connectivity index (χ0v) is 15.5. The summed E-state index contributed by atoms with van der Waals surface area (Å²) in [6, 6.07) is 15.3.